The van der Waals surface area contributed by atoms with Crippen LogP contribution in [0.15, 0.2) is 42.6 Å². The molecule has 5 rings (SSSR count). The van der Waals surface area contributed by atoms with Crippen molar-refractivity contribution in [3.05, 3.63) is 65.2 Å². The van der Waals surface area contributed by atoms with Gasteiger partial charge in [0, 0.05) is 24.1 Å². The molecular formula is C22H21FN4O2. The minimum absolute atomic E-state index is 0.0202. The Morgan fingerprint density at radius 3 is 2.97 bits per heavy atom. The number of aryl methyl sites for hydroxylation is 1. The van der Waals surface area contributed by atoms with Gasteiger partial charge in [-0.2, -0.15) is 0 Å². The molecule has 0 radical (unpaired) electrons. The minimum Gasteiger partial charge on any atom is -0.333 e. The van der Waals surface area contributed by atoms with Crippen molar-refractivity contribution in [2.24, 2.45) is 5.92 Å². The average molecular weight is 392 g/mol. The predicted molar refractivity (Wildman–Crippen MR) is 106 cm³/mol. The number of pyridine rings is 1. The van der Waals surface area contributed by atoms with Crippen molar-refractivity contribution >= 4 is 23.2 Å². The van der Waals surface area contributed by atoms with E-state index in [4.69, 9.17) is 0 Å². The largest absolute Gasteiger partial charge is 0.333 e. The third-order valence-corrected chi connectivity index (χ3v) is 5.94. The molecule has 2 aromatic rings. The first-order chi connectivity index (χ1) is 14.0. The van der Waals surface area contributed by atoms with Gasteiger partial charge in [0.05, 0.1) is 12.6 Å². The molecule has 1 aliphatic carbocycles. The number of carbonyl (C=O) groups excluding carboxylic acids is 2. The zero-order valence-electron chi connectivity index (χ0n) is 16.1. The number of aromatic nitrogens is 1. The van der Waals surface area contributed by atoms with Gasteiger partial charge in [-0.1, -0.05) is 6.08 Å². The van der Waals surface area contributed by atoms with Crippen molar-refractivity contribution in [2.45, 2.75) is 25.9 Å². The van der Waals surface area contributed by atoms with Crippen LogP contribution in [0, 0.1) is 18.7 Å². The number of likely N-dealkylation sites (tertiary alicyclic amines) is 1. The van der Waals surface area contributed by atoms with E-state index in [2.05, 4.69) is 16.4 Å². The van der Waals surface area contributed by atoms with Crippen molar-refractivity contribution in [3.8, 4) is 0 Å². The summed E-state index contributed by atoms with van der Waals surface area (Å²) in [7, 11) is 0. The molecule has 3 aliphatic rings. The van der Waals surface area contributed by atoms with Crippen molar-refractivity contribution in [3.63, 3.8) is 0 Å². The number of benzene rings is 1. The lowest BCUT2D eigenvalue weighted by Gasteiger charge is -2.33. The molecule has 2 atom stereocenters. The number of nitrogens with one attached hydrogen (secondary N) is 1. The van der Waals surface area contributed by atoms with E-state index in [1.54, 1.807) is 12.3 Å². The van der Waals surface area contributed by atoms with Crippen molar-refractivity contribution < 1.29 is 14.0 Å². The third-order valence-electron chi connectivity index (χ3n) is 5.94. The molecule has 148 valence electrons. The number of amides is 3. The summed E-state index contributed by atoms with van der Waals surface area (Å²) in [5.74, 6) is -0.0910. The fourth-order valence-electron chi connectivity index (χ4n) is 4.61. The molecule has 0 saturated carbocycles. The van der Waals surface area contributed by atoms with Crippen molar-refractivity contribution in [1.82, 2.24) is 14.8 Å². The van der Waals surface area contributed by atoms with Gasteiger partial charge >= 0.3 is 6.03 Å². The number of carbonyl (C=O) groups is 2. The molecular weight excluding hydrogens is 371 g/mol. The van der Waals surface area contributed by atoms with Gasteiger partial charge in [-0.25, -0.2) is 9.18 Å². The highest BCUT2D eigenvalue weighted by atomic mass is 19.1. The fourth-order valence-corrected chi connectivity index (χ4v) is 4.61. The summed E-state index contributed by atoms with van der Waals surface area (Å²) in [6, 6.07) is 7.99. The molecule has 2 aliphatic heterocycles. The number of urea groups is 1. The van der Waals surface area contributed by atoms with E-state index < -0.39 is 0 Å². The predicted octanol–water partition coefficient (Wildman–Crippen LogP) is 3.19. The van der Waals surface area contributed by atoms with Gasteiger partial charge in [0.25, 0.3) is 0 Å². The highest BCUT2D eigenvalue weighted by molar-refractivity contribution is 5.95. The number of hydrogen-bond donors (Lipinski definition) is 1. The quantitative estimate of drug-likeness (QED) is 0.873. The van der Waals surface area contributed by atoms with Gasteiger partial charge in [-0.15, -0.1) is 0 Å². The van der Waals surface area contributed by atoms with E-state index in [0.29, 0.717) is 23.7 Å². The van der Waals surface area contributed by atoms with Crippen LogP contribution in [0.4, 0.5) is 14.9 Å². The molecule has 1 aromatic heterocycles. The van der Waals surface area contributed by atoms with E-state index in [1.165, 1.54) is 17.0 Å². The number of rotatable bonds is 3. The summed E-state index contributed by atoms with van der Waals surface area (Å²) in [4.78, 5) is 33.0. The number of fused-ring (bicyclic) bond motifs is 3. The van der Waals surface area contributed by atoms with Crippen LogP contribution >= 0.6 is 0 Å². The van der Waals surface area contributed by atoms with Gasteiger partial charge in [-0.05, 0) is 66.3 Å². The Labute approximate surface area is 168 Å². The zero-order chi connectivity index (χ0) is 20.1. The van der Waals surface area contributed by atoms with Crippen molar-refractivity contribution in [1.29, 1.82) is 0 Å². The van der Waals surface area contributed by atoms with E-state index in [9.17, 15) is 14.0 Å². The fraction of sp³-hybridized carbons (Fsp3) is 0.318. The van der Waals surface area contributed by atoms with Gasteiger partial charge in [0.1, 0.15) is 12.4 Å². The number of anilines is 1. The normalized spacial score (nSPS) is 22.4. The molecule has 3 heterocycles. The minimum atomic E-state index is -0.356. The summed E-state index contributed by atoms with van der Waals surface area (Å²) in [6.07, 6.45) is 4.97. The molecule has 29 heavy (non-hydrogen) atoms. The summed E-state index contributed by atoms with van der Waals surface area (Å²) in [5, 5.41) is 2.74. The van der Waals surface area contributed by atoms with E-state index in [1.807, 2.05) is 24.0 Å². The van der Waals surface area contributed by atoms with Crippen LogP contribution in [-0.4, -0.2) is 45.9 Å². The first-order valence-electron chi connectivity index (χ1n) is 9.76. The van der Waals surface area contributed by atoms with Gasteiger partial charge < -0.3 is 15.1 Å². The lowest BCUT2D eigenvalue weighted by atomic mass is 10.0. The van der Waals surface area contributed by atoms with E-state index >= 15 is 0 Å². The Bertz CT molecular complexity index is 1050. The second-order valence-corrected chi connectivity index (χ2v) is 7.95. The van der Waals surface area contributed by atoms with E-state index in [-0.39, 0.29) is 36.9 Å². The molecule has 0 unspecified atom stereocenters. The SMILES string of the molecule is Cc1cc(C2=C[C@@H]3C[C@H]2N(C(=O)CN2Cc4cc(F)ccc4NC2=O)C3)ccn1. The van der Waals surface area contributed by atoms with Crippen LogP contribution in [-0.2, 0) is 11.3 Å². The molecule has 0 spiro atoms. The monoisotopic (exact) mass is 392 g/mol. The summed E-state index contributed by atoms with van der Waals surface area (Å²) in [5.41, 5.74) is 4.48. The Hall–Kier alpha value is -3.22. The van der Waals surface area contributed by atoms with Crippen molar-refractivity contribution in [2.75, 3.05) is 18.4 Å². The molecule has 1 aromatic carbocycles. The first kappa shape index (κ1) is 17.8. The Balaban J connectivity index is 1.32. The maximum absolute atomic E-state index is 13.5. The lowest BCUT2D eigenvalue weighted by molar-refractivity contribution is -0.132. The maximum Gasteiger partial charge on any atom is 0.322 e. The molecule has 2 bridgehead atoms. The average Bonchev–Trinajstić information content (AvgIpc) is 3.30. The standard InChI is InChI=1S/C22H21FN4O2/c1-13-6-15(4-5-24-13)18-7-14-8-20(18)27(10-14)21(28)12-26-11-16-9-17(23)2-3-19(16)25-22(26)29/h2-7,9,14,20H,8,10-12H2,1H3,(H,25,29)/t14-,20-/m1/s1. The number of halogens is 1. The topological polar surface area (TPSA) is 65.5 Å². The van der Waals surface area contributed by atoms with Crippen LogP contribution in [0.25, 0.3) is 5.57 Å². The number of hydrogen-bond acceptors (Lipinski definition) is 3. The molecule has 1 fully saturated rings. The molecule has 3 amide bonds. The van der Waals surface area contributed by atoms with Gasteiger partial charge in [-0.3, -0.25) is 9.78 Å². The Kier molecular flexibility index (Phi) is 4.12. The second kappa shape index (κ2) is 6.69. The summed E-state index contributed by atoms with van der Waals surface area (Å²) < 4.78 is 13.5. The summed E-state index contributed by atoms with van der Waals surface area (Å²) in [6.45, 7) is 2.83. The molecule has 7 heteroatoms. The van der Waals surface area contributed by atoms with E-state index in [0.717, 1.165) is 23.3 Å². The number of nitrogens with zero attached hydrogens (tertiary/aromatic N) is 3. The Morgan fingerprint density at radius 1 is 1.31 bits per heavy atom. The van der Waals surface area contributed by atoms with Crippen LogP contribution in [0.5, 0.6) is 0 Å². The maximum atomic E-state index is 13.5. The molecule has 6 nitrogen and oxygen atoms in total. The lowest BCUT2D eigenvalue weighted by Crippen LogP contribution is -2.48. The third kappa shape index (κ3) is 3.16. The summed E-state index contributed by atoms with van der Waals surface area (Å²) >= 11 is 0. The van der Waals surface area contributed by atoms with Crippen LogP contribution in [0.1, 0.15) is 23.2 Å². The van der Waals surface area contributed by atoms with Gasteiger partial charge in [0.15, 0.2) is 0 Å². The highest BCUT2D eigenvalue weighted by Crippen LogP contribution is 2.41. The smallest absolute Gasteiger partial charge is 0.322 e. The highest BCUT2D eigenvalue weighted by Gasteiger charge is 2.42. The van der Waals surface area contributed by atoms with Crippen LogP contribution in [0.3, 0.4) is 0 Å². The molecule has 1 saturated heterocycles. The van der Waals surface area contributed by atoms with Crippen LogP contribution in [0.2, 0.25) is 0 Å². The first-order valence-corrected chi connectivity index (χ1v) is 9.76. The van der Waals surface area contributed by atoms with Crippen LogP contribution < -0.4 is 5.32 Å². The molecule has 1 N–H and O–H groups in total. The Morgan fingerprint density at radius 2 is 2.17 bits per heavy atom. The second-order valence-electron chi connectivity index (χ2n) is 7.95. The van der Waals surface area contributed by atoms with Gasteiger partial charge in [0.2, 0.25) is 5.91 Å². The zero-order valence-corrected chi connectivity index (χ0v) is 16.1.